The van der Waals surface area contributed by atoms with Gasteiger partial charge >= 0.3 is 5.79 Å². The molecule has 1 unspecified atom stereocenters. The molecule has 0 N–H and O–H groups in total. The molecule has 0 amide bonds. The van der Waals surface area contributed by atoms with Crippen molar-refractivity contribution in [1.29, 1.82) is 0 Å². The van der Waals surface area contributed by atoms with Crippen LogP contribution in [0.4, 0.5) is 0 Å². The van der Waals surface area contributed by atoms with Crippen molar-refractivity contribution < 1.29 is 52.2 Å². The number of benzene rings is 2. The van der Waals surface area contributed by atoms with Gasteiger partial charge in [-0.25, -0.2) is 0 Å². The van der Waals surface area contributed by atoms with Crippen LogP contribution in [0.25, 0.3) is 6.08 Å². The smallest absolute Gasteiger partial charge is 0.415 e. The molecule has 0 radical (unpaired) electrons. The van der Waals surface area contributed by atoms with Crippen molar-refractivity contribution in [3.63, 3.8) is 0 Å². The van der Waals surface area contributed by atoms with Gasteiger partial charge in [0.25, 0.3) is 0 Å². The standard InChI is InChI=1S/C19H19ClO9/c1-24-15-6-5-13(10-17(15)26-3)19(29-20(21,22)23)14-11-18(27-4)16(25-2)9-12(14)7-8-28-19/h5-11H,1-4H3. The Morgan fingerprint density at radius 2 is 1.38 bits per heavy atom. The Morgan fingerprint density at radius 1 is 0.793 bits per heavy atom. The largest absolute Gasteiger partial charge is 0.493 e. The molecule has 2 aromatic rings. The Hall–Kier alpha value is -2.69. The van der Waals surface area contributed by atoms with Gasteiger partial charge in [0.2, 0.25) is 0 Å². The van der Waals surface area contributed by atoms with Gasteiger partial charge in [-0.15, -0.1) is 0 Å². The highest BCUT2D eigenvalue weighted by molar-refractivity contribution is 5.64. The number of fused-ring (bicyclic) bond motifs is 1. The molecule has 1 aliphatic rings. The lowest BCUT2D eigenvalue weighted by Gasteiger charge is -2.33. The lowest BCUT2D eigenvalue weighted by Crippen LogP contribution is -2.64. The van der Waals surface area contributed by atoms with E-state index in [4.69, 9.17) is 28.0 Å². The zero-order chi connectivity index (χ0) is 21.2. The van der Waals surface area contributed by atoms with E-state index in [0.29, 0.717) is 22.8 Å². The van der Waals surface area contributed by atoms with Gasteiger partial charge in [0.05, 0.1) is 50.5 Å². The van der Waals surface area contributed by atoms with E-state index in [1.165, 1.54) is 59.0 Å². The summed E-state index contributed by atoms with van der Waals surface area (Å²) in [6.45, 7) is 0. The van der Waals surface area contributed by atoms with Gasteiger partial charge in [-0.05, 0) is 42.0 Å². The lowest BCUT2D eigenvalue weighted by atomic mass is 9.91. The second-order valence-corrected chi connectivity index (χ2v) is 6.77. The number of methoxy groups -OCH3 is 4. The summed E-state index contributed by atoms with van der Waals surface area (Å²) in [5, 5.41) is 0. The molecule has 0 fully saturated rings. The van der Waals surface area contributed by atoms with E-state index < -0.39 is 16.0 Å². The summed E-state index contributed by atoms with van der Waals surface area (Å²) in [6, 6.07) is 7.59. The fourth-order valence-electron chi connectivity index (χ4n) is 3.09. The van der Waals surface area contributed by atoms with Gasteiger partial charge in [-0.1, -0.05) is 0 Å². The Morgan fingerprint density at radius 3 is 1.97 bits per heavy atom. The molecule has 1 aliphatic heterocycles. The van der Waals surface area contributed by atoms with E-state index in [2.05, 4.69) is 0 Å². The van der Waals surface area contributed by atoms with Gasteiger partial charge in [-0.3, -0.25) is 0 Å². The summed E-state index contributed by atoms with van der Waals surface area (Å²) >= 11 is 0. The second kappa shape index (κ2) is 7.97. The van der Waals surface area contributed by atoms with Gasteiger partial charge in [0, 0.05) is 5.56 Å². The zero-order valence-corrected chi connectivity index (χ0v) is 16.8. The van der Waals surface area contributed by atoms with Crippen molar-refractivity contribution in [2.24, 2.45) is 0 Å². The number of hydrogen-bond donors (Lipinski definition) is 0. The number of ether oxygens (including phenoxy) is 5. The van der Waals surface area contributed by atoms with Crippen LogP contribution in [0.5, 0.6) is 23.0 Å². The summed E-state index contributed by atoms with van der Waals surface area (Å²) < 4.78 is 66.5. The summed E-state index contributed by atoms with van der Waals surface area (Å²) in [7, 11) is 0.875. The molecule has 29 heavy (non-hydrogen) atoms. The van der Waals surface area contributed by atoms with Gasteiger partial charge in [0.15, 0.2) is 23.0 Å². The highest BCUT2D eigenvalue weighted by atomic mass is 35.7. The van der Waals surface area contributed by atoms with Crippen molar-refractivity contribution in [2.45, 2.75) is 5.79 Å². The second-order valence-electron chi connectivity index (χ2n) is 5.86. The molecule has 0 saturated heterocycles. The Balaban J connectivity index is 2.29. The zero-order valence-electron chi connectivity index (χ0n) is 16.1. The van der Waals surface area contributed by atoms with Crippen LogP contribution in [0.1, 0.15) is 16.7 Å². The predicted octanol–water partition coefficient (Wildman–Crippen LogP) is -0.163. The van der Waals surface area contributed by atoms with Crippen LogP contribution >= 0.6 is 0 Å². The molecule has 0 bridgehead atoms. The molecule has 0 aromatic heterocycles. The van der Waals surface area contributed by atoms with Crippen LogP contribution < -0.4 is 32.9 Å². The predicted molar refractivity (Wildman–Crippen MR) is 91.1 cm³/mol. The normalized spacial score (nSPS) is 17.9. The summed E-state index contributed by atoms with van der Waals surface area (Å²) in [4.78, 5) is 0. The molecule has 10 heteroatoms. The highest BCUT2D eigenvalue weighted by Crippen LogP contribution is 2.47. The fourth-order valence-corrected chi connectivity index (χ4v) is 3.56. The van der Waals surface area contributed by atoms with Crippen molar-refractivity contribution >= 4 is 6.08 Å². The Bertz CT molecular complexity index is 923. The number of rotatable bonds is 7. The molecule has 1 heterocycles. The third kappa shape index (κ3) is 3.91. The minimum absolute atomic E-state index is 0.180. The van der Waals surface area contributed by atoms with Crippen molar-refractivity contribution in [2.75, 3.05) is 28.4 Å². The number of hydrogen-bond acceptors (Lipinski definition) is 9. The summed E-state index contributed by atoms with van der Waals surface area (Å²) in [5.41, 5.74) is 0.902. The van der Waals surface area contributed by atoms with E-state index in [9.17, 15) is 14.0 Å². The SMILES string of the molecule is COc1ccc(C2(O[Cl+3]([O-])([O-])[O-])OC=Cc3cc(OC)c(OC)cc32)cc1OC. The third-order valence-electron chi connectivity index (χ3n) is 4.36. The molecule has 9 nitrogen and oxygen atoms in total. The van der Waals surface area contributed by atoms with E-state index in [1.807, 2.05) is 0 Å². The molecule has 0 saturated carbocycles. The molecular formula is C19H19ClO9. The Labute approximate surface area is 169 Å². The first-order valence-electron chi connectivity index (χ1n) is 8.23. The first-order valence-corrected chi connectivity index (χ1v) is 9.46. The van der Waals surface area contributed by atoms with Crippen LogP contribution in [0.15, 0.2) is 36.6 Å². The van der Waals surface area contributed by atoms with Gasteiger partial charge < -0.3 is 23.7 Å². The first kappa shape index (κ1) is 21.0. The quantitative estimate of drug-likeness (QED) is 0.593. The fraction of sp³-hybridized carbons (Fsp3) is 0.263. The van der Waals surface area contributed by atoms with Crippen molar-refractivity contribution in [3.8, 4) is 23.0 Å². The van der Waals surface area contributed by atoms with E-state index in [0.717, 1.165) is 0 Å². The van der Waals surface area contributed by atoms with Crippen molar-refractivity contribution in [1.82, 2.24) is 0 Å². The minimum Gasteiger partial charge on any atom is -0.493 e. The van der Waals surface area contributed by atoms with Crippen LogP contribution in [0, 0.1) is 10.2 Å². The molecule has 0 spiro atoms. The van der Waals surface area contributed by atoms with Crippen LogP contribution in [0.2, 0.25) is 0 Å². The van der Waals surface area contributed by atoms with Crippen molar-refractivity contribution in [3.05, 3.63) is 53.3 Å². The average Bonchev–Trinajstić information content (AvgIpc) is 2.71. The molecule has 1 atom stereocenters. The molecule has 0 aliphatic carbocycles. The average molecular weight is 427 g/mol. The van der Waals surface area contributed by atoms with Crippen LogP contribution in [-0.4, -0.2) is 28.4 Å². The summed E-state index contributed by atoms with van der Waals surface area (Å²) in [6.07, 6.45) is 2.81. The maximum atomic E-state index is 11.6. The summed E-state index contributed by atoms with van der Waals surface area (Å²) in [5.74, 6) is -0.744. The molecule has 156 valence electrons. The third-order valence-corrected chi connectivity index (χ3v) is 4.76. The van der Waals surface area contributed by atoms with Gasteiger partial charge in [-0.2, -0.15) is 14.0 Å². The van der Waals surface area contributed by atoms with Crippen LogP contribution in [0.3, 0.4) is 0 Å². The minimum atomic E-state index is -4.88. The van der Waals surface area contributed by atoms with E-state index in [1.54, 1.807) is 12.1 Å². The van der Waals surface area contributed by atoms with Crippen LogP contribution in [-0.2, 0) is 14.8 Å². The molecular weight excluding hydrogens is 408 g/mol. The highest BCUT2D eigenvalue weighted by Gasteiger charge is 2.55. The Kier molecular flexibility index (Phi) is 5.78. The first-order chi connectivity index (χ1) is 13.8. The maximum Gasteiger partial charge on any atom is 0.415 e. The van der Waals surface area contributed by atoms with Gasteiger partial charge in [0.1, 0.15) is 4.29 Å². The van der Waals surface area contributed by atoms with E-state index >= 15 is 0 Å². The number of halogens is 1. The lowest BCUT2D eigenvalue weighted by molar-refractivity contribution is -1.92. The monoisotopic (exact) mass is 426 g/mol. The maximum absolute atomic E-state index is 11.6. The molecule has 2 aromatic carbocycles. The van der Waals surface area contributed by atoms with E-state index in [-0.39, 0.29) is 16.9 Å². The molecule has 3 rings (SSSR count). The topological polar surface area (TPSA) is 125 Å².